The average molecular weight is 419 g/mol. The Bertz CT molecular complexity index is 852. The van der Waals surface area contributed by atoms with Crippen LogP contribution >= 0.6 is 23.8 Å². The smallest absolute Gasteiger partial charge is 0.231 e. The van der Waals surface area contributed by atoms with Crippen LogP contribution in [0.25, 0.3) is 0 Å². The fraction of sp³-hybridized carbons (Fsp3) is 0.364. The average Bonchev–Trinajstić information content (AvgIpc) is 2.61. The van der Waals surface area contributed by atoms with E-state index in [1.165, 1.54) is 5.56 Å². The highest BCUT2D eigenvalue weighted by Crippen LogP contribution is 2.24. The number of hydrogen-bond donors (Lipinski definition) is 2. The van der Waals surface area contributed by atoms with E-state index in [0.717, 1.165) is 23.4 Å². The van der Waals surface area contributed by atoms with E-state index >= 15 is 0 Å². The van der Waals surface area contributed by atoms with Gasteiger partial charge < -0.3 is 15.4 Å². The minimum Gasteiger partial charge on any atom is -0.493 e. The highest BCUT2D eigenvalue weighted by Gasteiger charge is 2.27. The minimum atomic E-state index is -0.564. The second kappa shape index (κ2) is 9.89. The van der Waals surface area contributed by atoms with Gasteiger partial charge in [-0.1, -0.05) is 43.6 Å². The first-order valence-electron chi connectivity index (χ1n) is 9.25. The molecule has 1 amide bonds. The van der Waals surface area contributed by atoms with E-state index in [1.54, 1.807) is 12.1 Å². The lowest BCUT2D eigenvalue weighted by Gasteiger charge is -2.24. The predicted molar refractivity (Wildman–Crippen MR) is 120 cm³/mol. The van der Waals surface area contributed by atoms with Gasteiger partial charge in [0, 0.05) is 16.1 Å². The first-order valence-corrected chi connectivity index (χ1v) is 10.0. The molecule has 2 aromatic carbocycles. The highest BCUT2D eigenvalue weighted by atomic mass is 35.5. The lowest BCUT2D eigenvalue weighted by molar-refractivity contribution is -0.128. The quantitative estimate of drug-likeness (QED) is 0.450. The summed E-state index contributed by atoms with van der Waals surface area (Å²) >= 11 is 11.2. The van der Waals surface area contributed by atoms with E-state index in [-0.39, 0.29) is 11.0 Å². The maximum absolute atomic E-state index is 12.6. The number of rotatable bonds is 7. The van der Waals surface area contributed by atoms with Crippen LogP contribution < -0.4 is 15.4 Å². The second-order valence-corrected chi connectivity index (χ2v) is 8.37. The SMILES string of the molecule is Cc1ccc(C)c(OCCCC(C)(C)C(=O)NC(=S)Nc2cccc(Cl)c2)c1. The molecule has 6 heteroatoms. The van der Waals surface area contributed by atoms with Crippen LogP contribution in [0.5, 0.6) is 5.75 Å². The zero-order chi connectivity index (χ0) is 20.7. The molecule has 2 aromatic rings. The molecule has 0 saturated carbocycles. The fourth-order valence-electron chi connectivity index (χ4n) is 2.67. The van der Waals surface area contributed by atoms with Crippen LogP contribution in [0.3, 0.4) is 0 Å². The molecule has 0 aromatic heterocycles. The van der Waals surface area contributed by atoms with Gasteiger partial charge in [0.15, 0.2) is 5.11 Å². The molecule has 2 rings (SSSR count). The van der Waals surface area contributed by atoms with Gasteiger partial charge in [0.2, 0.25) is 5.91 Å². The minimum absolute atomic E-state index is 0.126. The van der Waals surface area contributed by atoms with Gasteiger partial charge in [0.05, 0.1) is 6.61 Å². The number of nitrogens with one attached hydrogen (secondary N) is 2. The van der Waals surface area contributed by atoms with Crippen molar-refractivity contribution in [3.8, 4) is 5.75 Å². The molecule has 150 valence electrons. The van der Waals surface area contributed by atoms with Gasteiger partial charge in [0.1, 0.15) is 5.75 Å². The number of carbonyl (C=O) groups excluding carboxylic acids is 1. The Hall–Kier alpha value is -2.11. The number of thiocarbonyl (C=S) groups is 1. The molecule has 0 radical (unpaired) electrons. The molecule has 0 aliphatic rings. The van der Waals surface area contributed by atoms with Gasteiger partial charge in [-0.2, -0.15) is 0 Å². The van der Waals surface area contributed by atoms with Gasteiger partial charge in [0.25, 0.3) is 0 Å². The van der Waals surface area contributed by atoms with Gasteiger partial charge in [-0.3, -0.25) is 4.79 Å². The molecule has 0 spiro atoms. The summed E-state index contributed by atoms with van der Waals surface area (Å²) in [7, 11) is 0. The summed E-state index contributed by atoms with van der Waals surface area (Å²) in [5.41, 5.74) is 2.45. The van der Waals surface area contributed by atoms with Crippen molar-refractivity contribution in [2.75, 3.05) is 11.9 Å². The molecule has 0 aliphatic heterocycles. The predicted octanol–water partition coefficient (Wildman–Crippen LogP) is 5.66. The van der Waals surface area contributed by atoms with Crippen molar-refractivity contribution >= 4 is 40.5 Å². The molecule has 0 fully saturated rings. The van der Waals surface area contributed by atoms with Crippen molar-refractivity contribution in [2.24, 2.45) is 5.41 Å². The molecule has 0 aliphatic carbocycles. The summed E-state index contributed by atoms with van der Waals surface area (Å²) in [6.07, 6.45) is 1.45. The summed E-state index contributed by atoms with van der Waals surface area (Å²) in [6.45, 7) is 8.44. The van der Waals surface area contributed by atoms with Gasteiger partial charge >= 0.3 is 0 Å². The Balaban J connectivity index is 1.80. The number of ether oxygens (including phenoxy) is 1. The zero-order valence-electron chi connectivity index (χ0n) is 16.8. The van der Waals surface area contributed by atoms with Crippen molar-refractivity contribution in [3.63, 3.8) is 0 Å². The van der Waals surface area contributed by atoms with E-state index in [4.69, 9.17) is 28.6 Å². The molecular formula is C22H27ClN2O2S. The van der Waals surface area contributed by atoms with E-state index in [2.05, 4.69) is 22.8 Å². The van der Waals surface area contributed by atoms with Gasteiger partial charge in [-0.15, -0.1) is 0 Å². The van der Waals surface area contributed by atoms with Gasteiger partial charge in [-0.05, 0) is 74.3 Å². The Morgan fingerprint density at radius 1 is 1.18 bits per heavy atom. The Morgan fingerprint density at radius 2 is 1.93 bits per heavy atom. The highest BCUT2D eigenvalue weighted by molar-refractivity contribution is 7.80. The molecule has 0 unspecified atom stereocenters. The Labute approximate surface area is 177 Å². The fourth-order valence-corrected chi connectivity index (χ4v) is 3.07. The van der Waals surface area contributed by atoms with Crippen LogP contribution in [0.1, 0.15) is 37.8 Å². The number of benzene rings is 2. The summed E-state index contributed by atoms with van der Waals surface area (Å²) in [5, 5.41) is 6.59. The summed E-state index contributed by atoms with van der Waals surface area (Å²) in [5.74, 6) is 0.771. The van der Waals surface area contributed by atoms with Crippen molar-refractivity contribution in [3.05, 3.63) is 58.6 Å². The molecular weight excluding hydrogens is 392 g/mol. The van der Waals surface area contributed by atoms with Crippen molar-refractivity contribution in [1.29, 1.82) is 0 Å². The Morgan fingerprint density at radius 3 is 2.64 bits per heavy atom. The van der Waals surface area contributed by atoms with Crippen LogP contribution in [0.2, 0.25) is 5.02 Å². The van der Waals surface area contributed by atoms with Gasteiger partial charge in [-0.25, -0.2) is 0 Å². The third kappa shape index (κ3) is 6.80. The van der Waals surface area contributed by atoms with Crippen LogP contribution in [0.15, 0.2) is 42.5 Å². The molecule has 0 bridgehead atoms. The second-order valence-electron chi connectivity index (χ2n) is 7.52. The van der Waals surface area contributed by atoms with Crippen LogP contribution in [0, 0.1) is 19.3 Å². The van der Waals surface area contributed by atoms with Crippen molar-refractivity contribution < 1.29 is 9.53 Å². The molecule has 4 nitrogen and oxygen atoms in total. The third-order valence-electron chi connectivity index (χ3n) is 4.47. The molecule has 2 N–H and O–H groups in total. The normalized spacial score (nSPS) is 11.0. The summed E-state index contributed by atoms with van der Waals surface area (Å²) in [6, 6.07) is 13.3. The molecule has 0 atom stereocenters. The van der Waals surface area contributed by atoms with E-state index in [9.17, 15) is 4.79 Å². The van der Waals surface area contributed by atoms with E-state index in [0.29, 0.717) is 18.1 Å². The lowest BCUT2D eigenvalue weighted by atomic mass is 9.87. The maximum Gasteiger partial charge on any atom is 0.231 e. The molecule has 28 heavy (non-hydrogen) atoms. The first-order chi connectivity index (χ1) is 13.2. The number of anilines is 1. The topological polar surface area (TPSA) is 50.4 Å². The Kier molecular flexibility index (Phi) is 7.84. The molecule has 0 saturated heterocycles. The van der Waals surface area contributed by atoms with Crippen molar-refractivity contribution in [1.82, 2.24) is 5.32 Å². The first kappa shape index (κ1) is 22.2. The van der Waals surface area contributed by atoms with Crippen LogP contribution in [-0.4, -0.2) is 17.6 Å². The third-order valence-corrected chi connectivity index (χ3v) is 4.91. The molecule has 0 heterocycles. The lowest BCUT2D eigenvalue weighted by Crippen LogP contribution is -2.42. The summed E-state index contributed by atoms with van der Waals surface area (Å²) < 4.78 is 5.88. The van der Waals surface area contributed by atoms with Crippen molar-refractivity contribution in [2.45, 2.75) is 40.5 Å². The monoisotopic (exact) mass is 418 g/mol. The summed E-state index contributed by atoms with van der Waals surface area (Å²) in [4.78, 5) is 12.6. The number of aryl methyl sites for hydroxylation is 2. The zero-order valence-corrected chi connectivity index (χ0v) is 18.3. The maximum atomic E-state index is 12.6. The van der Waals surface area contributed by atoms with E-state index < -0.39 is 5.41 Å². The number of amides is 1. The number of hydrogen-bond acceptors (Lipinski definition) is 3. The standard InChI is InChI=1S/C22H27ClN2O2S/c1-15-9-10-16(2)19(13-15)27-12-6-11-22(3,4)20(26)25-21(28)24-18-8-5-7-17(23)14-18/h5,7-10,13-14H,6,11-12H2,1-4H3,(H2,24,25,26,28). The van der Waals surface area contributed by atoms with E-state index in [1.807, 2.05) is 45.9 Å². The largest absolute Gasteiger partial charge is 0.493 e. The number of halogens is 1. The van der Waals surface area contributed by atoms with Crippen LogP contribution in [0.4, 0.5) is 5.69 Å². The number of carbonyl (C=O) groups is 1. The van der Waals surface area contributed by atoms with Crippen LogP contribution in [-0.2, 0) is 4.79 Å².